The Morgan fingerprint density at radius 1 is 0.762 bits per heavy atom. The molecule has 0 aliphatic carbocycles. The van der Waals surface area contributed by atoms with Crippen molar-refractivity contribution in [1.82, 2.24) is 4.98 Å². The van der Waals surface area contributed by atoms with Gasteiger partial charge in [-0.2, -0.15) is 0 Å². The highest BCUT2D eigenvalue weighted by Crippen LogP contribution is 2.25. The molecule has 0 spiro atoms. The lowest BCUT2D eigenvalue weighted by Crippen LogP contribution is -1.99. The molecule has 0 bridgehead atoms. The molecule has 1 heterocycles. The van der Waals surface area contributed by atoms with Crippen molar-refractivity contribution >= 4 is 22.4 Å². The summed E-state index contributed by atoms with van der Waals surface area (Å²) >= 11 is 0. The van der Waals surface area contributed by atoms with Gasteiger partial charge in [0.25, 0.3) is 0 Å². The van der Waals surface area contributed by atoms with Crippen molar-refractivity contribution in [3.63, 3.8) is 0 Å². The van der Waals surface area contributed by atoms with Crippen molar-refractivity contribution in [1.29, 1.82) is 0 Å². The Hall–Kier alpha value is -2.35. The first-order valence-electron chi connectivity index (χ1n) is 7.25. The van der Waals surface area contributed by atoms with Crippen LogP contribution >= 0.6 is 0 Å². The van der Waals surface area contributed by atoms with E-state index in [4.69, 9.17) is 4.98 Å². The normalized spacial score (nSPS) is 10.9. The predicted octanol–water partition coefficient (Wildman–Crippen LogP) is 5.21. The molecule has 2 nitrogen and oxygen atoms in total. The second kappa shape index (κ2) is 5.21. The molecule has 0 unspecified atom stereocenters. The summed E-state index contributed by atoms with van der Waals surface area (Å²) in [5.74, 6) is 0.931. The van der Waals surface area contributed by atoms with Gasteiger partial charge in [-0.05, 0) is 62.6 Å². The summed E-state index contributed by atoms with van der Waals surface area (Å²) in [6, 6.07) is 15.0. The van der Waals surface area contributed by atoms with Gasteiger partial charge in [0.1, 0.15) is 5.82 Å². The predicted molar refractivity (Wildman–Crippen MR) is 90.4 cm³/mol. The second-order valence-electron chi connectivity index (χ2n) is 5.79. The minimum atomic E-state index is 0.931. The summed E-state index contributed by atoms with van der Waals surface area (Å²) in [5.41, 5.74) is 7.05. The number of hydrogen-bond donors (Lipinski definition) is 1. The van der Waals surface area contributed by atoms with Crippen LogP contribution in [0.5, 0.6) is 0 Å². The van der Waals surface area contributed by atoms with E-state index in [2.05, 4.69) is 75.5 Å². The maximum Gasteiger partial charge on any atom is 0.134 e. The van der Waals surface area contributed by atoms with E-state index in [1.54, 1.807) is 0 Å². The largest absolute Gasteiger partial charge is 0.340 e. The number of nitrogens with one attached hydrogen (secondary N) is 1. The van der Waals surface area contributed by atoms with Gasteiger partial charge in [0, 0.05) is 11.1 Å². The highest BCUT2D eigenvalue weighted by atomic mass is 15.0. The Morgan fingerprint density at radius 3 is 2.24 bits per heavy atom. The number of pyridine rings is 1. The van der Waals surface area contributed by atoms with Gasteiger partial charge in [-0.25, -0.2) is 4.98 Å². The van der Waals surface area contributed by atoms with Crippen LogP contribution in [0.3, 0.4) is 0 Å². The third-order valence-corrected chi connectivity index (χ3v) is 3.80. The summed E-state index contributed by atoms with van der Waals surface area (Å²) in [7, 11) is 0. The summed E-state index contributed by atoms with van der Waals surface area (Å²) in [5, 5.41) is 4.65. The molecular weight excluding hydrogens is 256 g/mol. The molecule has 0 radical (unpaired) electrons. The monoisotopic (exact) mass is 276 g/mol. The number of rotatable bonds is 2. The van der Waals surface area contributed by atoms with Crippen molar-refractivity contribution in [3.8, 4) is 0 Å². The Balaban J connectivity index is 2.05. The van der Waals surface area contributed by atoms with Crippen LogP contribution in [0.15, 0.2) is 42.5 Å². The lowest BCUT2D eigenvalue weighted by Gasteiger charge is -2.13. The zero-order valence-corrected chi connectivity index (χ0v) is 13.0. The lowest BCUT2D eigenvalue weighted by molar-refractivity contribution is 1.28. The average Bonchev–Trinajstić information content (AvgIpc) is 2.43. The summed E-state index contributed by atoms with van der Waals surface area (Å²) in [6.45, 7) is 8.42. The highest BCUT2D eigenvalue weighted by Gasteiger charge is 2.06. The molecule has 0 amide bonds. The summed E-state index contributed by atoms with van der Waals surface area (Å²) in [4.78, 5) is 4.78. The molecule has 21 heavy (non-hydrogen) atoms. The maximum atomic E-state index is 4.78. The number of aromatic nitrogens is 1. The van der Waals surface area contributed by atoms with Crippen LogP contribution in [0.4, 0.5) is 11.5 Å². The SMILES string of the molecule is Cc1ccc(Nc2nc3cc(C)ccc3cc2C)c(C)c1. The minimum Gasteiger partial charge on any atom is -0.340 e. The van der Waals surface area contributed by atoms with Gasteiger partial charge in [-0.15, -0.1) is 0 Å². The van der Waals surface area contributed by atoms with E-state index < -0.39 is 0 Å². The van der Waals surface area contributed by atoms with Crippen molar-refractivity contribution < 1.29 is 0 Å². The molecule has 0 aliphatic rings. The van der Waals surface area contributed by atoms with Gasteiger partial charge >= 0.3 is 0 Å². The van der Waals surface area contributed by atoms with Crippen LogP contribution < -0.4 is 5.32 Å². The lowest BCUT2D eigenvalue weighted by atomic mass is 10.1. The first-order valence-corrected chi connectivity index (χ1v) is 7.25. The van der Waals surface area contributed by atoms with Crippen LogP contribution in [0, 0.1) is 27.7 Å². The molecule has 106 valence electrons. The molecule has 1 aromatic heterocycles. The summed E-state index contributed by atoms with van der Waals surface area (Å²) < 4.78 is 0. The highest BCUT2D eigenvalue weighted by molar-refractivity contribution is 5.83. The standard InChI is InChI=1S/C19H20N2/c1-12-6-8-17(14(3)9-12)20-19-15(4)11-16-7-5-13(2)10-18(16)21-19/h5-11H,1-4H3,(H,20,21). The first kappa shape index (κ1) is 13.6. The third kappa shape index (κ3) is 2.75. The third-order valence-electron chi connectivity index (χ3n) is 3.80. The number of fused-ring (bicyclic) bond motifs is 1. The molecule has 0 atom stereocenters. The topological polar surface area (TPSA) is 24.9 Å². The van der Waals surface area contributed by atoms with E-state index in [0.29, 0.717) is 0 Å². The number of benzene rings is 2. The number of aryl methyl sites for hydroxylation is 4. The molecule has 0 aliphatic heterocycles. The molecule has 2 heteroatoms. The molecule has 0 saturated carbocycles. The van der Waals surface area contributed by atoms with E-state index in [0.717, 1.165) is 22.6 Å². The van der Waals surface area contributed by atoms with E-state index in [9.17, 15) is 0 Å². The van der Waals surface area contributed by atoms with Gasteiger partial charge in [0.15, 0.2) is 0 Å². The van der Waals surface area contributed by atoms with Gasteiger partial charge in [-0.1, -0.05) is 29.8 Å². The van der Waals surface area contributed by atoms with Crippen LogP contribution in [0.25, 0.3) is 10.9 Å². The van der Waals surface area contributed by atoms with Gasteiger partial charge in [0.2, 0.25) is 0 Å². The van der Waals surface area contributed by atoms with Crippen molar-refractivity contribution in [2.75, 3.05) is 5.32 Å². The van der Waals surface area contributed by atoms with Crippen molar-refractivity contribution in [2.45, 2.75) is 27.7 Å². The molecule has 3 aromatic rings. The molecular formula is C19H20N2. The molecule has 2 aromatic carbocycles. The van der Waals surface area contributed by atoms with E-state index in [1.165, 1.54) is 22.1 Å². The summed E-state index contributed by atoms with van der Waals surface area (Å²) in [6.07, 6.45) is 0. The minimum absolute atomic E-state index is 0.931. The zero-order valence-electron chi connectivity index (χ0n) is 13.0. The van der Waals surface area contributed by atoms with E-state index >= 15 is 0 Å². The number of hydrogen-bond acceptors (Lipinski definition) is 2. The van der Waals surface area contributed by atoms with Crippen molar-refractivity contribution in [3.05, 3.63) is 64.7 Å². The van der Waals surface area contributed by atoms with Crippen LogP contribution in [0.1, 0.15) is 22.3 Å². The fourth-order valence-corrected chi connectivity index (χ4v) is 2.59. The second-order valence-corrected chi connectivity index (χ2v) is 5.79. The number of anilines is 2. The maximum absolute atomic E-state index is 4.78. The zero-order chi connectivity index (χ0) is 15.0. The Bertz CT molecular complexity index is 819. The first-order chi connectivity index (χ1) is 10.0. The smallest absolute Gasteiger partial charge is 0.134 e. The molecule has 0 fully saturated rings. The fraction of sp³-hybridized carbons (Fsp3) is 0.211. The van der Waals surface area contributed by atoms with Crippen LogP contribution in [-0.4, -0.2) is 4.98 Å². The van der Waals surface area contributed by atoms with E-state index in [1.807, 2.05) is 0 Å². The Kier molecular flexibility index (Phi) is 3.38. The fourth-order valence-electron chi connectivity index (χ4n) is 2.59. The Labute approximate surface area is 125 Å². The van der Waals surface area contributed by atoms with Crippen molar-refractivity contribution in [2.24, 2.45) is 0 Å². The number of nitrogens with zero attached hydrogens (tertiary/aromatic N) is 1. The molecule has 1 N–H and O–H groups in total. The van der Waals surface area contributed by atoms with Crippen LogP contribution in [-0.2, 0) is 0 Å². The van der Waals surface area contributed by atoms with Gasteiger partial charge in [0.05, 0.1) is 5.52 Å². The quantitative estimate of drug-likeness (QED) is 0.694. The van der Waals surface area contributed by atoms with Gasteiger partial charge < -0.3 is 5.32 Å². The Morgan fingerprint density at radius 2 is 1.48 bits per heavy atom. The van der Waals surface area contributed by atoms with Gasteiger partial charge in [-0.3, -0.25) is 0 Å². The van der Waals surface area contributed by atoms with Crippen LogP contribution in [0.2, 0.25) is 0 Å². The van der Waals surface area contributed by atoms with E-state index in [-0.39, 0.29) is 0 Å². The average molecular weight is 276 g/mol. The molecule has 3 rings (SSSR count). The molecule has 0 saturated heterocycles.